The second kappa shape index (κ2) is 7.91. The molecule has 0 fully saturated rings. The number of phenols is 1. The maximum Gasteiger partial charge on any atom is 0.256 e. The van der Waals surface area contributed by atoms with Gasteiger partial charge in [-0.1, -0.05) is 18.2 Å². The van der Waals surface area contributed by atoms with Crippen LogP contribution in [-0.4, -0.2) is 28.3 Å². The van der Waals surface area contributed by atoms with Crippen LogP contribution in [0.25, 0.3) is 0 Å². The molecule has 0 atom stereocenters. The fraction of sp³-hybridized carbons (Fsp3) is 0.200. The van der Waals surface area contributed by atoms with Crippen LogP contribution < -0.4 is 21.7 Å². The lowest BCUT2D eigenvalue weighted by Crippen LogP contribution is -2.15. The van der Waals surface area contributed by atoms with Gasteiger partial charge in [0.15, 0.2) is 5.82 Å². The summed E-state index contributed by atoms with van der Waals surface area (Å²) in [6.07, 6.45) is 0. The second-order valence-corrected chi connectivity index (χ2v) is 6.57. The van der Waals surface area contributed by atoms with Crippen molar-refractivity contribution in [2.75, 3.05) is 23.0 Å². The largest absolute Gasteiger partial charge is 0.507 e. The van der Waals surface area contributed by atoms with Crippen LogP contribution in [0.5, 0.6) is 5.75 Å². The molecule has 0 aliphatic rings. The number of carbonyl (C=O) groups excluding carboxylic acids is 1. The molecule has 0 unspecified atom stereocenters. The molecule has 8 heteroatoms. The summed E-state index contributed by atoms with van der Waals surface area (Å²) in [6, 6.07) is 11.4. The number of hydrogen-bond acceptors (Lipinski definition) is 6. The van der Waals surface area contributed by atoms with Gasteiger partial charge in [0.1, 0.15) is 17.1 Å². The molecule has 0 saturated carbocycles. The van der Waals surface area contributed by atoms with Crippen molar-refractivity contribution in [1.82, 2.24) is 10.2 Å². The Morgan fingerprint density at radius 2 is 1.86 bits per heavy atom. The van der Waals surface area contributed by atoms with E-state index < -0.39 is 5.91 Å². The van der Waals surface area contributed by atoms with Crippen molar-refractivity contribution in [3.63, 3.8) is 0 Å². The highest BCUT2D eigenvalue weighted by Crippen LogP contribution is 2.27. The fourth-order valence-electron chi connectivity index (χ4n) is 3.03. The first-order valence-electron chi connectivity index (χ1n) is 8.85. The molecule has 7 N–H and O–H groups in total. The highest BCUT2D eigenvalue weighted by molar-refractivity contribution is 6.03. The molecule has 3 rings (SSSR count). The minimum Gasteiger partial charge on any atom is -0.507 e. The number of rotatable bonds is 7. The molecule has 1 amide bonds. The van der Waals surface area contributed by atoms with E-state index in [1.807, 2.05) is 57.3 Å². The van der Waals surface area contributed by atoms with Crippen LogP contribution in [0.3, 0.4) is 0 Å². The maximum atomic E-state index is 12.0. The van der Waals surface area contributed by atoms with Gasteiger partial charge in [0.25, 0.3) is 5.91 Å². The van der Waals surface area contributed by atoms with Gasteiger partial charge in [0.05, 0.1) is 0 Å². The number of benzene rings is 2. The van der Waals surface area contributed by atoms with Gasteiger partial charge in [0.2, 0.25) is 0 Å². The number of anilines is 4. The molecule has 3 aromatic rings. The number of H-pyrrole nitrogens is 1. The third kappa shape index (κ3) is 4.01. The monoisotopic (exact) mass is 380 g/mol. The zero-order valence-electron chi connectivity index (χ0n) is 16.1. The molecule has 0 aliphatic carbocycles. The smallest absolute Gasteiger partial charge is 0.256 e. The average Bonchev–Trinajstić information content (AvgIpc) is 3.07. The van der Waals surface area contributed by atoms with Crippen LogP contribution in [0.15, 0.2) is 36.4 Å². The van der Waals surface area contributed by atoms with Crippen LogP contribution in [0.1, 0.15) is 27.0 Å². The van der Waals surface area contributed by atoms with Crippen molar-refractivity contribution < 1.29 is 9.90 Å². The number of amides is 1. The van der Waals surface area contributed by atoms with E-state index >= 15 is 0 Å². The van der Waals surface area contributed by atoms with Crippen LogP contribution in [0.4, 0.5) is 23.0 Å². The molecule has 1 aromatic heterocycles. The fourth-order valence-corrected chi connectivity index (χ4v) is 3.03. The first-order chi connectivity index (χ1) is 13.4. The average molecular weight is 380 g/mol. The summed E-state index contributed by atoms with van der Waals surface area (Å²) < 4.78 is 0. The molecule has 0 spiro atoms. The molecule has 0 radical (unpaired) electrons. The van der Waals surface area contributed by atoms with Crippen LogP contribution in [0.2, 0.25) is 0 Å². The zero-order valence-corrected chi connectivity index (χ0v) is 16.1. The molecule has 28 heavy (non-hydrogen) atoms. The van der Waals surface area contributed by atoms with Crippen molar-refractivity contribution >= 4 is 28.9 Å². The summed E-state index contributed by atoms with van der Waals surface area (Å²) in [7, 11) is 1.83. The van der Waals surface area contributed by atoms with Gasteiger partial charge in [-0.3, -0.25) is 9.89 Å². The van der Waals surface area contributed by atoms with Crippen molar-refractivity contribution in [2.24, 2.45) is 5.73 Å². The Kier molecular flexibility index (Phi) is 5.39. The van der Waals surface area contributed by atoms with Gasteiger partial charge in [-0.05, 0) is 48.7 Å². The van der Waals surface area contributed by atoms with Crippen molar-refractivity contribution in [3.8, 4) is 5.75 Å². The van der Waals surface area contributed by atoms with Gasteiger partial charge in [-0.25, -0.2) is 0 Å². The molecule has 0 aliphatic heterocycles. The van der Waals surface area contributed by atoms with E-state index in [0.717, 1.165) is 28.1 Å². The van der Waals surface area contributed by atoms with E-state index in [4.69, 9.17) is 5.73 Å². The third-order valence-corrected chi connectivity index (χ3v) is 4.44. The van der Waals surface area contributed by atoms with E-state index in [9.17, 15) is 9.90 Å². The second-order valence-electron chi connectivity index (χ2n) is 6.57. The summed E-state index contributed by atoms with van der Waals surface area (Å²) in [5.41, 5.74) is 10.1. The number of nitrogens with two attached hydrogens (primary N) is 1. The number of aromatic amines is 1. The van der Waals surface area contributed by atoms with Crippen LogP contribution in [-0.2, 0) is 6.54 Å². The standard InChI is InChI=1S/C20H24N6O2/c1-11-7-13(8-12(2)17(11)27)10-23-19-16(18(21)28)20(26-25-19)24-15-6-4-5-14(9-15)22-3/h4-9,22,27H,10H2,1-3H3,(H2,21,28)(H3,23,24,25,26). The topological polar surface area (TPSA) is 128 Å². The summed E-state index contributed by atoms with van der Waals surface area (Å²) in [5.74, 6) is 0.475. The third-order valence-electron chi connectivity index (χ3n) is 4.44. The van der Waals surface area contributed by atoms with Crippen LogP contribution in [0, 0.1) is 13.8 Å². The van der Waals surface area contributed by atoms with Crippen LogP contribution >= 0.6 is 0 Å². The highest BCUT2D eigenvalue weighted by atomic mass is 16.3. The molecule has 2 aromatic carbocycles. The summed E-state index contributed by atoms with van der Waals surface area (Å²) in [5, 5.41) is 26.3. The minimum atomic E-state index is -0.596. The predicted octanol–water partition coefficient (Wildman–Crippen LogP) is 3.23. The molecule has 146 valence electrons. The van der Waals surface area contributed by atoms with E-state index in [1.54, 1.807) is 0 Å². The lowest BCUT2D eigenvalue weighted by atomic mass is 10.1. The molecular weight excluding hydrogens is 356 g/mol. The van der Waals surface area contributed by atoms with Gasteiger partial charge in [0, 0.05) is 25.0 Å². The number of phenolic OH excluding ortho intramolecular Hbond substituents is 1. The predicted molar refractivity (Wildman–Crippen MR) is 111 cm³/mol. The number of carbonyl (C=O) groups is 1. The van der Waals surface area contributed by atoms with E-state index in [-0.39, 0.29) is 11.3 Å². The Morgan fingerprint density at radius 3 is 2.50 bits per heavy atom. The van der Waals surface area contributed by atoms with Gasteiger partial charge < -0.3 is 26.8 Å². The Balaban J connectivity index is 1.81. The normalized spacial score (nSPS) is 10.5. The quantitative estimate of drug-likeness (QED) is 0.373. The first-order valence-corrected chi connectivity index (χ1v) is 8.85. The molecule has 0 saturated heterocycles. The highest BCUT2D eigenvalue weighted by Gasteiger charge is 2.19. The number of nitrogens with one attached hydrogen (secondary N) is 4. The molecule has 8 nitrogen and oxygen atoms in total. The van der Waals surface area contributed by atoms with Gasteiger partial charge in [-0.2, -0.15) is 5.10 Å². The molecule has 1 heterocycles. The van der Waals surface area contributed by atoms with E-state index in [2.05, 4.69) is 26.1 Å². The summed E-state index contributed by atoms with van der Waals surface area (Å²) >= 11 is 0. The lowest BCUT2D eigenvalue weighted by molar-refractivity contribution is 0.100. The number of aryl methyl sites for hydroxylation is 2. The molecular formula is C20H24N6O2. The first kappa shape index (κ1) is 19.1. The summed E-state index contributed by atoms with van der Waals surface area (Å²) in [6.45, 7) is 4.12. The molecule has 0 bridgehead atoms. The SMILES string of the molecule is CNc1cccc(Nc2[nH]nc(NCc3cc(C)c(O)c(C)c3)c2C(N)=O)c1. The van der Waals surface area contributed by atoms with Crippen molar-refractivity contribution in [1.29, 1.82) is 0 Å². The summed E-state index contributed by atoms with van der Waals surface area (Å²) in [4.78, 5) is 12.0. The van der Waals surface area contributed by atoms with Crippen molar-refractivity contribution in [3.05, 3.63) is 58.7 Å². The Morgan fingerprint density at radius 1 is 1.18 bits per heavy atom. The van der Waals surface area contributed by atoms with Crippen molar-refractivity contribution in [2.45, 2.75) is 20.4 Å². The van der Waals surface area contributed by atoms with Gasteiger partial charge in [-0.15, -0.1) is 0 Å². The number of aromatic hydroxyl groups is 1. The minimum absolute atomic E-state index is 0.252. The Bertz CT molecular complexity index is 989. The number of aromatic nitrogens is 2. The number of primary amides is 1. The van der Waals surface area contributed by atoms with E-state index in [0.29, 0.717) is 18.2 Å². The Hall–Kier alpha value is -3.68. The Labute approximate surface area is 163 Å². The maximum absolute atomic E-state index is 12.0. The number of nitrogens with zero attached hydrogens (tertiary/aromatic N) is 1. The van der Waals surface area contributed by atoms with Gasteiger partial charge >= 0.3 is 0 Å². The number of hydrogen-bond donors (Lipinski definition) is 6. The zero-order chi connectivity index (χ0) is 20.3. The van der Waals surface area contributed by atoms with E-state index in [1.165, 1.54) is 0 Å². The lowest BCUT2D eigenvalue weighted by Gasteiger charge is -2.10.